The molecule has 2 aromatic heterocycles. The molecule has 5 heteroatoms. The minimum atomic E-state index is -0.342. The van der Waals surface area contributed by atoms with E-state index >= 15 is 0 Å². The van der Waals surface area contributed by atoms with Crippen LogP contribution in [0.5, 0.6) is 5.88 Å². The number of hydrogen-bond acceptors (Lipinski definition) is 2. The molecular weight excluding hydrogens is 239 g/mol. The number of pyridine rings is 1. The van der Waals surface area contributed by atoms with E-state index in [1.807, 2.05) is 0 Å². The van der Waals surface area contributed by atoms with Crippen molar-refractivity contribution in [3.8, 4) is 5.88 Å². The summed E-state index contributed by atoms with van der Waals surface area (Å²) in [6.07, 6.45) is 1.59. The fourth-order valence-corrected chi connectivity index (χ4v) is 1.51. The van der Waals surface area contributed by atoms with Crippen LogP contribution in [0.1, 0.15) is 0 Å². The topological polar surface area (TPSA) is 26.5 Å². The van der Waals surface area contributed by atoms with Crippen molar-refractivity contribution in [2.24, 2.45) is 0 Å². The van der Waals surface area contributed by atoms with Crippen molar-refractivity contribution in [1.82, 2.24) is 9.61 Å². The summed E-state index contributed by atoms with van der Waals surface area (Å²) in [4.78, 5) is 0. The molecular formula is C8H6BrFN2O. The first-order valence-corrected chi connectivity index (χ1v) is 4.38. The van der Waals surface area contributed by atoms with Gasteiger partial charge in [-0.2, -0.15) is 9.61 Å². The van der Waals surface area contributed by atoms with Crippen LogP contribution in [-0.2, 0) is 0 Å². The minimum absolute atomic E-state index is 0.342. The highest BCUT2D eigenvalue weighted by Gasteiger charge is 2.07. The molecule has 0 fully saturated rings. The molecule has 2 heterocycles. The molecule has 0 aromatic carbocycles. The van der Waals surface area contributed by atoms with Gasteiger partial charge in [-0.15, -0.1) is 0 Å². The van der Waals surface area contributed by atoms with E-state index in [0.717, 1.165) is 4.47 Å². The summed E-state index contributed by atoms with van der Waals surface area (Å²) in [5.74, 6) is 0.0336. The fraction of sp³-hybridized carbons (Fsp3) is 0.125. The summed E-state index contributed by atoms with van der Waals surface area (Å²) in [7, 11) is 1.48. The van der Waals surface area contributed by atoms with E-state index in [9.17, 15) is 4.39 Å². The molecule has 0 aliphatic heterocycles. The third kappa shape index (κ3) is 1.29. The van der Waals surface area contributed by atoms with E-state index in [-0.39, 0.29) is 5.82 Å². The van der Waals surface area contributed by atoms with Gasteiger partial charge in [-0.3, -0.25) is 0 Å². The van der Waals surface area contributed by atoms with Crippen molar-refractivity contribution in [2.75, 3.05) is 7.11 Å². The number of nitrogens with zero attached hydrogens (tertiary/aromatic N) is 2. The first kappa shape index (κ1) is 8.50. The average Bonchev–Trinajstić information content (AvgIpc) is 2.47. The molecule has 0 amide bonds. The lowest BCUT2D eigenvalue weighted by molar-refractivity contribution is 0.382. The number of methoxy groups -OCH3 is 1. The van der Waals surface area contributed by atoms with Crippen LogP contribution in [0.25, 0.3) is 5.52 Å². The van der Waals surface area contributed by atoms with Gasteiger partial charge >= 0.3 is 0 Å². The van der Waals surface area contributed by atoms with Crippen LogP contribution in [0.3, 0.4) is 0 Å². The predicted octanol–water partition coefficient (Wildman–Crippen LogP) is 2.24. The predicted molar refractivity (Wildman–Crippen MR) is 49.4 cm³/mol. The number of halogens is 2. The zero-order valence-electron chi connectivity index (χ0n) is 6.79. The van der Waals surface area contributed by atoms with Gasteiger partial charge in [0.1, 0.15) is 5.82 Å². The van der Waals surface area contributed by atoms with Crippen LogP contribution >= 0.6 is 15.9 Å². The van der Waals surface area contributed by atoms with Crippen LogP contribution in [0.4, 0.5) is 4.39 Å². The molecule has 0 aliphatic rings. The molecule has 0 spiro atoms. The molecule has 0 bridgehead atoms. The van der Waals surface area contributed by atoms with Gasteiger partial charge in [-0.05, 0) is 15.9 Å². The van der Waals surface area contributed by atoms with Crippen LogP contribution in [-0.4, -0.2) is 16.7 Å². The second-order valence-electron chi connectivity index (χ2n) is 2.51. The van der Waals surface area contributed by atoms with Crippen molar-refractivity contribution in [3.63, 3.8) is 0 Å². The third-order valence-electron chi connectivity index (χ3n) is 1.71. The van der Waals surface area contributed by atoms with Crippen molar-refractivity contribution >= 4 is 21.4 Å². The normalized spacial score (nSPS) is 10.7. The Morgan fingerprint density at radius 1 is 1.54 bits per heavy atom. The maximum absolute atomic E-state index is 13.0. The standard InChI is InChI=1S/C8H6BrFN2O/c1-13-8-3-5(10)2-7-6(9)4-11-12(7)8/h2-4H,1H3. The molecule has 3 nitrogen and oxygen atoms in total. The van der Waals surface area contributed by atoms with Gasteiger partial charge in [0.05, 0.1) is 23.3 Å². The summed E-state index contributed by atoms with van der Waals surface area (Å²) < 4.78 is 20.2. The smallest absolute Gasteiger partial charge is 0.217 e. The molecule has 0 atom stereocenters. The molecule has 0 radical (unpaired) electrons. The van der Waals surface area contributed by atoms with Crippen molar-refractivity contribution in [3.05, 3.63) is 28.6 Å². The quantitative estimate of drug-likeness (QED) is 0.770. The Balaban J connectivity index is 2.84. The molecule has 2 rings (SSSR count). The molecule has 2 aromatic rings. The van der Waals surface area contributed by atoms with Gasteiger partial charge in [0.15, 0.2) is 0 Å². The number of hydrogen-bond donors (Lipinski definition) is 0. The van der Waals surface area contributed by atoms with Gasteiger partial charge in [0.2, 0.25) is 5.88 Å². The highest BCUT2D eigenvalue weighted by Crippen LogP contribution is 2.23. The zero-order chi connectivity index (χ0) is 9.42. The van der Waals surface area contributed by atoms with E-state index in [4.69, 9.17) is 4.74 Å². The average molecular weight is 245 g/mol. The largest absolute Gasteiger partial charge is 0.481 e. The van der Waals surface area contributed by atoms with Gasteiger partial charge in [-0.25, -0.2) is 4.39 Å². The fourth-order valence-electron chi connectivity index (χ4n) is 1.14. The summed E-state index contributed by atoms with van der Waals surface area (Å²) in [6, 6.07) is 2.67. The number of fused-ring (bicyclic) bond motifs is 1. The molecule has 0 N–H and O–H groups in total. The van der Waals surface area contributed by atoms with Gasteiger partial charge in [0, 0.05) is 12.1 Å². The zero-order valence-corrected chi connectivity index (χ0v) is 8.38. The van der Waals surface area contributed by atoms with Crippen LogP contribution in [0.2, 0.25) is 0 Å². The van der Waals surface area contributed by atoms with E-state index in [1.165, 1.54) is 23.8 Å². The Hall–Kier alpha value is -1.10. The lowest BCUT2D eigenvalue weighted by Crippen LogP contribution is -1.96. The SMILES string of the molecule is COc1cc(F)cc2c(Br)cnn12. The highest BCUT2D eigenvalue weighted by atomic mass is 79.9. The monoisotopic (exact) mass is 244 g/mol. The number of aromatic nitrogens is 2. The van der Waals surface area contributed by atoms with E-state index < -0.39 is 0 Å². The van der Waals surface area contributed by atoms with Crippen LogP contribution in [0.15, 0.2) is 22.8 Å². The Labute approximate surface area is 82.2 Å². The highest BCUT2D eigenvalue weighted by molar-refractivity contribution is 9.10. The summed E-state index contributed by atoms with van der Waals surface area (Å²) in [6.45, 7) is 0. The number of rotatable bonds is 1. The lowest BCUT2D eigenvalue weighted by atomic mass is 10.4. The van der Waals surface area contributed by atoms with Gasteiger partial charge in [0.25, 0.3) is 0 Å². The second kappa shape index (κ2) is 2.99. The lowest BCUT2D eigenvalue weighted by Gasteiger charge is -2.02. The second-order valence-corrected chi connectivity index (χ2v) is 3.36. The summed E-state index contributed by atoms with van der Waals surface area (Å²) in [5, 5.41) is 4.01. The third-order valence-corrected chi connectivity index (χ3v) is 2.32. The summed E-state index contributed by atoms with van der Waals surface area (Å²) >= 11 is 3.26. The van der Waals surface area contributed by atoms with Gasteiger partial charge in [-0.1, -0.05) is 0 Å². The molecule has 0 saturated carbocycles. The number of ether oxygens (including phenoxy) is 1. The Morgan fingerprint density at radius 2 is 2.31 bits per heavy atom. The van der Waals surface area contributed by atoms with Crippen molar-refractivity contribution in [1.29, 1.82) is 0 Å². The molecule has 0 aliphatic carbocycles. The van der Waals surface area contributed by atoms with E-state index in [1.54, 1.807) is 6.20 Å². The first-order chi connectivity index (χ1) is 6.22. The molecule has 0 saturated heterocycles. The summed E-state index contributed by atoms with van der Waals surface area (Å²) in [5.41, 5.74) is 0.650. The van der Waals surface area contributed by atoms with Crippen LogP contribution < -0.4 is 4.74 Å². The maximum atomic E-state index is 13.0. The Bertz CT molecular complexity index is 455. The maximum Gasteiger partial charge on any atom is 0.217 e. The molecule has 68 valence electrons. The van der Waals surface area contributed by atoms with Crippen molar-refractivity contribution < 1.29 is 9.13 Å². The van der Waals surface area contributed by atoms with Gasteiger partial charge < -0.3 is 4.74 Å². The van der Waals surface area contributed by atoms with Crippen molar-refractivity contribution in [2.45, 2.75) is 0 Å². The van der Waals surface area contributed by atoms with E-state index in [2.05, 4.69) is 21.0 Å². The minimum Gasteiger partial charge on any atom is -0.481 e. The Kier molecular flexibility index (Phi) is 1.95. The molecule has 0 unspecified atom stereocenters. The molecule has 13 heavy (non-hydrogen) atoms. The Morgan fingerprint density at radius 3 is 3.00 bits per heavy atom. The first-order valence-electron chi connectivity index (χ1n) is 3.59. The van der Waals surface area contributed by atoms with Crippen LogP contribution in [0, 0.1) is 5.82 Å². The van der Waals surface area contributed by atoms with E-state index in [0.29, 0.717) is 11.4 Å².